The maximum Gasteiger partial charge on any atom is 0.194 e. The number of nitrogens with one attached hydrogen (secondary N) is 1. The van der Waals surface area contributed by atoms with Gasteiger partial charge in [0.15, 0.2) is 5.96 Å². The molecule has 1 atom stereocenters. The summed E-state index contributed by atoms with van der Waals surface area (Å²) in [4.78, 5) is 6.71. The summed E-state index contributed by atoms with van der Waals surface area (Å²) >= 11 is 0. The molecule has 29 heavy (non-hydrogen) atoms. The van der Waals surface area contributed by atoms with Crippen LogP contribution in [0.4, 0.5) is 4.39 Å². The van der Waals surface area contributed by atoms with Gasteiger partial charge in [0.25, 0.3) is 0 Å². The van der Waals surface area contributed by atoms with E-state index in [0.29, 0.717) is 0 Å². The molecular formula is C22H29FIN3O2. The van der Waals surface area contributed by atoms with Crippen molar-refractivity contribution in [1.29, 1.82) is 0 Å². The lowest BCUT2D eigenvalue weighted by atomic mass is 10.1. The Morgan fingerprint density at radius 1 is 1.17 bits per heavy atom. The Balaban J connectivity index is 0.00000300. The van der Waals surface area contributed by atoms with Crippen LogP contribution in [0.25, 0.3) is 0 Å². The van der Waals surface area contributed by atoms with E-state index in [-0.39, 0.29) is 42.2 Å². The summed E-state index contributed by atoms with van der Waals surface area (Å²) in [5.41, 5.74) is 0.275. The van der Waals surface area contributed by atoms with E-state index in [9.17, 15) is 9.50 Å². The molecule has 0 amide bonds. The van der Waals surface area contributed by atoms with E-state index in [0.717, 1.165) is 44.2 Å². The molecule has 1 aliphatic rings. The van der Waals surface area contributed by atoms with Crippen LogP contribution >= 0.6 is 24.0 Å². The highest BCUT2D eigenvalue weighted by Crippen LogP contribution is 2.20. The average molecular weight is 513 g/mol. The minimum Gasteiger partial charge on any atom is -0.490 e. The molecule has 0 radical (unpaired) electrons. The molecule has 158 valence electrons. The molecule has 7 heteroatoms. The summed E-state index contributed by atoms with van der Waals surface area (Å²) in [5, 5.41) is 13.6. The van der Waals surface area contributed by atoms with Crippen LogP contribution in [0.5, 0.6) is 5.75 Å². The van der Waals surface area contributed by atoms with Crippen molar-refractivity contribution in [2.45, 2.75) is 32.0 Å². The van der Waals surface area contributed by atoms with E-state index in [1.54, 1.807) is 18.2 Å². The van der Waals surface area contributed by atoms with E-state index in [1.807, 2.05) is 37.3 Å². The van der Waals surface area contributed by atoms with Crippen LogP contribution in [-0.4, -0.2) is 48.2 Å². The lowest BCUT2D eigenvalue weighted by Crippen LogP contribution is -2.47. The van der Waals surface area contributed by atoms with Gasteiger partial charge in [0, 0.05) is 38.0 Å². The SMILES string of the molecule is CCNC(=NCC(O)c1ccccc1F)N1CCC(Oc2ccccc2)CC1.I. The molecule has 0 saturated carbocycles. The van der Waals surface area contributed by atoms with Gasteiger partial charge in [-0.2, -0.15) is 0 Å². The molecule has 1 aliphatic heterocycles. The molecule has 1 saturated heterocycles. The van der Waals surface area contributed by atoms with Crippen molar-refractivity contribution in [2.24, 2.45) is 4.99 Å². The van der Waals surface area contributed by atoms with Crippen LogP contribution in [0.15, 0.2) is 59.6 Å². The summed E-state index contributed by atoms with van der Waals surface area (Å²) in [6, 6.07) is 16.1. The first kappa shape index (κ1) is 23.4. The van der Waals surface area contributed by atoms with Crippen LogP contribution in [0.3, 0.4) is 0 Å². The molecule has 0 aromatic heterocycles. The molecule has 0 spiro atoms. The molecule has 0 bridgehead atoms. The summed E-state index contributed by atoms with van der Waals surface area (Å²) in [7, 11) is 0. The largest absolute Gasteiger partial charge is 0.490 e. The van der Waals surface area contributed by atoms with Crippen LogP contribution < -0.4 is 10.1 Å². The molecule has 2 aromatic rings. The van der Waals surface area contributed by atoms with E-state index in [2.05, 4.69) is 15.2 Å². The number of aliphatic hydroxyl groups is 1. The van der Waals surface area contributed by atoms with Gasteiger partial charge in [-0.05, 0) is 25.1 Å². The zero-order valence-corrected chi connectivity index (χ0v) is 19.0. The highest BCUT2D eigenvalue weighted by atomic mass is 127. The molecule has 2 N–H and O–H groups in total. The van der Waals surface area contributed by atoms with Gasteiger partial charge in [0.1, 0.15) is 23.8 Å². The Morgan fingerprint density at radius 3 is 2.48 bits per heavy atom. The van der Waals surface area contributed by atoms with Gasteiger partial charge in [-0.3, -0.25) is 4.99 Å². The van der Waals surface area contributed by atoms with E-state index >= 15 is 0 Å². The second-order valence-corrected chi connectivity index (χ2v) is 6.85. The Bertz CT molecular complexity index is 768. The van der Waals surface area contributed by atoms with E-state index in [4.69, 9.17) is 4.74 Å². The number of hydrogen-bond donors (Lipinski definition) is 2. The molecule has 1 heterocycles. The number of aliphatic hydroxyl groups excluding tert-OH is 1. The Kier molecular flexibility index (Phi) is 9.66. The number of benzene rings is 2. The fraction of sp³-hybridized carbons (Fsp3) is 0.409. The number of rotatable bonds is 6. The first-order chi connectivity index (χ1) is 13.7. The summed E-state index contributed by atoms with van der Waals surface area (Å²) < 4.78 is 19.9. The third-order valence-electron chi connectivity index (χ3n) is 4.80. The van der Waals surface area contributed by atoms with Gasteiger partial charge in [0.05, 0.1) is 6.54 Å². The zero-order valence-electron chi connectivity index (χ0n) is 16.6. The smallest absolute Gasteiger partial charge is 0.194 e. The zero-order chi connectivity index (χ0) is 19.8. The van der Waals surface area contributed by atoms with Crippen LogP contribution in [0.2, 0.25) is 0 Å². The second-order valence-electron chi connectivity index (χ2n) is 6.85. The second kappa shape index (κ2) is 12.0. The summed E-state index contributed by atoms with van der Waals surface area (Å²) in [5.74, 6) is 1.24. The Labute approximate surface area is 189 Å². The van der Waals surface area contributed by atoms with Gasteiger partial charge < -0.3 is 20.1 Å². The number of hydrogen-bond acceptors (Lipinski definition) is 3. The van der Waals surface area contributed by atoms with Gasteiger partial charge in [-0.25, -0.2) is 4.39 Å². The van der Waals surface area contributed by atoms with Gasteiger partial charge in [-0.1, -0.05) is 36.4 Å². The minimum absolute atomic E-state index is 0. The Hall–Kier alpha value is -1.87. The number of nitrogens with zero attached hydrogens (tertiary/aromatic N) is 2. The lowest BCUT2D eigenvalue weighted by Gasteiger charge is -2.34. The fourth-order valence-electron chi connectivity index (χ4n) is 3.32. The molecule has 2 aromatic carbocycles. The van der Waals surface area contributed by atoms with Crippen molar-refractivity contribution in [3.63, 3.8) is 0 Å². The predicted molar refractivity (Wildman–Crippen MR) is 124 cm³/mol. The fourth-order valence-corrected chi connectivity index (χ4v) is 3.32. The highest BCUT2D eigenvalue weighted by Gasteiger charge is 2.23. The van der Waals surface area contributed by atoms with Crippen molar-refractivity contribution in [1.82, 2.24) is 10.2 Å². The van der Waals surface area contributed by atoms with Crippen molar-refractivity contribution in [3.8, 4) is 5.75 Å². The quantitative estimate of drug-likeness (QED) is 0.349. The predicted octanol–water partition coefficient (Wildman–Crippen LogP) is 3.99. The van der Waals surface area contributed by atoms with Crippen LogP contribution in [0, 0.1) is 5.82 Å². The summed E-state index contributed by atoms with van der Waals surface area (Å²) in [6.45, 7) is 4.49. The first-order valence-corrected chi connectivity index (χ1v) is 9.85. The third-order valence-corrected chi connectivity index (χ3v) is 4.80. The first-order valence-electron chi connectivity index (χ1n) is 9.85. The molecule has 1 unspecified atom stereocenters. The van der Waals surface area contributed by atoms with Gasteiger partial charge >= 0.3 is 0 Å². The van der Waals surface area contributed by atoms with Crippen molar-refractivity contribution in [3.05, 3.63) is 66.0 Å². The van der Waals surface area contributed by atoms with E-state index < -0.39 is 11.9 Å². The number of guanidine groups is 1. The van der Waals surface area contributed by atoms with Crippen molar-refractivity contribution < 1.29 is 14.2 Å². The monoisotopic (exact) mass is 513 g/mol. The topological polar surface area (TPSA) is 57.1 Å². The van der Waals surface area contributed by atoms with Gasteiger partial charge in [0.2, 0.25) is 0 Å². The molecule has 5 nitrogen and oxygen atoms in total. The molecule has 0 aliphatic carbocycles. The number of ether oxygens (including phenoxy) is 1. The molecule has 1 fully saturated rings. The van der Waals surface area contributed by atoms with E-state index in [1.165, 1.54) is 6.07 Å². The number of likely N-dealkylation sites (tertiary alicyclic amines) is 1. The van der Waals surface area contributed by atoms with Crippen molar-refractivity contribution in [2.75, 3.05) is 26.2 Å². The van der Waals surface area contributed by atoms with Gasteiger partial charge in [-0.15, -0.1) is 24.0 Å². The number of aliphatic imine (C=N–C) groups is 1. The number of piperidine rings is 1. The number of halogens is 2. The highest BCUT2D eigenvalue weighted by molar-refractivity contribution is 14.0. The molecule has 3 rings (SSSR count). The maximum absolute atomic E-state index is 13.8. The van der Waals surface area contributed by atoms with Crippen LogP contribution in [0.1, 0.15) is 31.4 Å². The Morgan fingerprint density at radius 2 is 1.83 bits per heavy atom. The lowest BCUT2D eigenvalue weighted by molar-refractivity contribution is 0.129. The standard InChI is InChI=1S/C22H28FN3O2.HI/c1-2-24-22(25-16-21(27)19-10-6-7-11-20(19)23)26-14-12-18(13-15-26)28-17-8-4-3-5-9-17;/h3-11,18,21,27H,2,12-16H2,1H3,(H,24,25);1H. The third kappa shape index (κ3) is 6.85. The normalized spacial score (nSPS) is 16.1. The summed E-state index contributed by atoms with van der Waals surface area (Å²) in [6.07, 6.45) is 1.02. The number of para-hydroxylation sites is 1. The van der Waals surface area contributed by atoms with Crippen LogP contribution in [-0.2, 0) is 0 Å². The average Bonchev–Trinajstić information content (AvgIpc) is 2.73. The maximum atomic E-state index is 13.8. The molecular weight excluding hydrogens is 484 g/mol. The van der Waals surface area contributed by atoms with Crippen molar-refractivity contribution >= 4 is 29.9 Å². The minimum atomic E-state index is -0.964.